The van der Waals surface area contributed by atoms with Gasteiger partial charge >= 0.3 is 0 Å². The van der Waals surface area contributed by atoms with Crippen molar-refractivity contribution in [2.75, 3.05) is 4.90 Å². The number of aromatic hydroxyl groups is 1. The Labute approximate surface area is 107 Å². The predicted molar refractivity (Wildman–Crippen MR) is 65.6 cm³/mol. The van der Waals surface area contributed by atoms with E-state index in [1.807, 2.05) is 0 Å². The van der Waals surface area contributed by atoms with E-state index >= 15 is 0 Å². The Morgan fingerprint density at radius 1 is 0.895 bits per heavy atom. The predicted octanol–water partition coefficient (Wildman–Crippen LogP) is 2.33. The maximum atomic E-state index is 12.9. The highest BCUT2D eigenvalue weighted by Crippen LogP contribution is 2.30. The van der Waals surface area contributed by atoms with E-state index in [1.54, 1.807) is 0 Å². The molecule has 1 aliphatic heterocycles. The number of carbonyl (C=O) groups is 2. The largest absolute Gasteiger partial charge is 0.508 e. The van der Waals surface area contributed by atoms with Gasteiger partial charge in [-0.1, -0.05) is 0 Å². The first-order valence-corrected chi connectivity index (χ1v) is 5.55. The third kappa shape index (κ3) is 1.67. The maximum absolute atomic E-state index is 12.9. The minimum Gasteiger partial charge on any atom is -0.508 e. The fraction of sp³-hybridized carbons (Fsp3) is 0. The smallest absolute Gasteiger partial charge is 0.266 e. The molecule has 2 aromatic rings. The number of phenolic OH excluding ortho intramolecular Hbond substituents is 1. The summed E-state index contributed by atoms with van der Waals surface area (Å²) in [5.74, 6) is -1.53. The molecule has 0 unspecified atom stereocenters. The molecule has 0 fully saturated rings. The second-order valence-electron chi connectivity index (χ2n) is 4.15. The van der Waals surface area contributed by atoms with Crippen molar-refractivity contribution < 1.29 is 19.1 Å². The van der Waals surface area contributed by atoms with Crippen LogP contribution >= 0.6 is 0 Å². The van der Waals surface area contributed by atoms with E-state index in [9.17, 15) is 19.1 Å². The summed E-state index contributed by atoms with van der Waals surface area (Å²) < 4.78 is 12.9. The number of hydrogen-bond donors (Lipinski definition) is 1. The Morgan fingerprint density at radius 2 is 1.53 bits per heavy atom. The average Bonchev–Trinajstić information content (AvgIpc) is 2.63. The van der Waals surface area contributed by atoms with Crippen molar-refractivity contribution in [3.8, 4) is 5.75 Å². The highest BCUT2D eigenvalue weighted by atomic mass is 19.1. The summed E-state index contributed by atoms with van der Waals surface area (Å²) in [6, 6.07) is 9.06. The summed E-state index contributed by atoms with van der Waals surface area (Å²) in [7, 11) is 0. The zero-order valence-corrected chi connectivity index (χ0v) is 9.63. The van der Waals surface area contributed by atoms with Gasteiger partial charge in [-0.05, 0) is 42.5 Å². The number of amides is 2. The van der Waals surface area contributed by atoms with Gasteiger partial charge in [0.2, 0.25) is 0 Å². The lowest BCUT2D eigenvalue weighted by Crippen LogP contribution is -2.29. The van der Waals surface area contributed by atoms with Crippen LogP contribution in [-0.2, 0) is 0 Å². The second-order valence-corrected chi connectivity index (χ2v) is 4.15. The van der Waals surface area contributed by atoms with Gasteiger partial charge in [0.05, 0.1) is 16.8 Å². The van der Waals surface area contributed by atoms with Crippen LogP contribution < -0.4 is 4.90 Å². The Morgan fingerprint density at radius 3 is 2.21 bits per heavy atom. The number of hydrogen-bond acceptors (Lipinski definition) is 3. The highest BCUT2D eigenvalue weighted by Gasteiger charge is 2.36. The van der Waals surface area contributed by atoms with Gasteiger partial charge in [-0.2, -0.15) is 0 Å². The van der Waals surface area contributed by atoms with Crippen LogP contribution in [0.4, 0.5) is 10.1 Å². The zero-order valence-electron chi connectivity index (χ0n) is 9.63. The molecule has 0 radical (unpaired) electrons. The molecule has 4 nitrogen and oxygen atoms in total. The monoisotopic (exact) mass is 257 g/mol. The molecule has 1 heterocycles. The molecule has 0 spiro atoms. The summed E-state index contributed by atoms with van der Waals surface area (Å²) in [4.78, 5) is 25.2. The van der Waals surface area contributed by atoms with Crippen LogP contribution in [0.15, 0.2) is 42.5 Å². The van der Waals surface area contributed by atoms with Crippen LogP contribution in [0.5, 0.6) is 5.75 Å². The molecule has 1 N–H and O–H groups in total. The van der Waals surface area contributed by atoms with E-state index in [1.165, 1.54) is 42.5 Å². The van der Waals surface area contributed by atoms with Gasteiger partial charge in [0.15, 0.2) is 0 Å². The van der Waals surface area contributed by atoms with Crippen LogP contribution in [0.1, 0.15) is 20.7 Å². The van der Waals surface area contributed by atoms with Gasteiger partial charge in [-0.25, -0.2) is 9.29 Å². The molecule has 94 valence electrons. The van der Waals surface area contributed by atoms with E-state index < -0.39 is 17.6 Å². The van der Waals surface area contributed by atoms with Crippen LogP contribution in [0, 0.1) is 5.82 Å². The molecule has 0 saturated carbocycles. The number of imide groups is 1. The first-order chi connectivity index (χ1) is 9.08. The fourth-order valence-electron chi connectivity index (χ4n) is 2.05. The van der Waals surface area contributed by atoms with Crippen molar-refractivity contribution in [3.05, 3.63) is 59.4 Å². The molecular formula is C14H8FNO3. The van der Waals surface area contributed by atoms with Crippen LogP contribution in [0.2, 0.25) is 0 Å². The number of fused-ring (bicyclic) bond motifs is 1. The standard InChI is InChI=1S/C14H8FNO3/c15-8-1-3-9(4-2-8)16-13(18)11-6-5-10(17)7-12(11)14(16)19/h1-7,17H. The molecule has 1 aliphatic rings. The fourth-order valence-corrected chi connectivity index (χ4v) is 2.05. The summed E-state index contributed by atoms with van der Waals surface area (Å²) in [6.07, 6.45) is 0. The number of nitrogens with zero attached hydrogens (tertiary/aromatic N) is 1. The number of benzene rings is 2. The summed E-state index contributed by atoms with van der Waals surface area (Å²) in [5, 5.41) is 9.36. The van der Waals surface area contributed by atoms with Gasteiger partial charge in [0, 0.05) is 0 Å². The summed E-state index contributed by atoms with van der Waals surface area (Å²) in [6.45, 7) is 0. The number of rotatable bonds is 1. The van der Waals surface area contributed by atoms with Crippen molar-refractivity contribution in [1.82, 2.24) is 0 Å². The number of carbonyl (C=O) groups excluding carboxylic acids is 2. The molecule has 2 amide bonds. The third-order valence-electron chi connectivity index (χ3n) is 2.95. The molecule has 5 heteroatoms. The lowest BCUT2D eigenvalue weighted by Gasteiger charge is -2.13. The third-order valence-corrected chi connectivity index (χ3v) is 2.95. The van der Waals surface area contributed by atoms with Crippen LogP contribution in [-0.4, -0.2) is 16.9 Å². The first-order valence-electron chi connectivity index (χ1n) is 5.55. The van der Waals surface area contributed by atoms with Gasteiger partial charge < -0.3 is 5.11 Å². The van der Waals surface area contributed by atoms with E-state index in [2.05, 4.69) is 0 Å². The van der Waals surface area contributed by atoms with Gasteiger partial charge in [-0.3, -0.25) is 9.59 Å². The minimum absolute atomic E-state index is 0.0825. The molecule has 0 aromatic heterocycles. The quantitative estimate of drug-likeness (QED) is 0.798. The molecule has 0 bridgehead atoms. The molecule has 3 rings (SSSR count). The number of phenols is 1. The molecule has 19 heavy (non-hydrogen) atoms. The van der Waals surface area contributed by atoms with E-state index in [0.29, 0.717) is 5.69 Å². The van der Waals surface area contributed by atoms with E-state index in [4.69, 9.17) is 0 Å². The van der Waals surface area contributed by atoms with E-state index in [0.717, 1.165) is 4.90 Å². The SMILES string of the molecule is O=C1c2ccc(O)cc2C(=O)N1c1ccc(F)cc1. The lowest BCUT2D eigenvalue weighted by atomic mass is 10.1. The van der Waals surface area contributed by atoms with E-state index in [-0.39, 0.29) is 16.9 Å². The number of halogens is 1. The zero-order chi connectivity index (χ0) is 13.6. The van der Waals surface area contributed by atoms with Crippen LogP contribution in [0.25, 0.3) is 0 Å². The molecule has 0 saturated heterocycles. The Kier molecular flexibility index (Phi) is 2.35. The lowest BCUT2D eigenvalue weighted by molar-refractivity contribution is 0.0926. The topological polar surface area (TPSA) is 57.6 Å². The van der Waals surface area contributed by atoms with Crippen LogP contribution in [0.3, 0.4) is 0 Å². The Hall–Kier alpha value is -2.69. The van der Waals surface area contributed by atoms with Gasteiger partial charge in [0.25, 0.3) is 11.8 Å². The molecular weight excluding hydrogens is 249 g/mol. The second kappa shape index (κ2) is 3.91. The Balaban J connectivity index is 2.10. The summed E-state index contributed by atoms with van der Waals surface area (Å²) >= 11 is 0. The van der Waals surface area contributed by atoms with Crippen molar-refractivity contribution in [1.29, 1.82) is 0 Å². The van der Waals surface area contributed by atoms with Crippen molar-refractivity contribution in [2.45, 2.75) is 0 Å². The van der Waals surface area contributed by atoms with Crippen molar-refractivity contribution >= 4 is 17.5 Å². The normalized spacial score (nSPS) is 13.8. The van der Waals surface area contributed by atoms with Gasteiger partial charge in [0.1, 0.15) is 11.6 Å². The van der Waals surface area contributed by atoms with Crippen molar-refractivity contribution in [2.24, 2.45) is 0 Å². The first kappa shape index (κ1) is 11.4. The molecule has 0 atom stereocenters. The maximum Gasteiger partial charge on any atom is 0.266 e. The molecule has 2 aromatic carbocycles. The minimum atomic E-state index is -0.525. The molecule has 0 aliphatic carbocycles. The van der Waals surface area contributed by atoms with Gasteiger partial charge in [-0.15, -0.1) is 0 Å². The summed E-state index contributed by atoms with van der Waals surface area (Å²) in [5.41, 5.74) is 0.675. The Bertz CT molecular complexity index is 694. The number of anilines is 1. The van der Waals surface area contributed by atoms with Crippen molar-refractivity contribution in [3.63, 3.8) is 0 Å². The highest BCUT2D eigenvalue weighted by molar-refractivity contribution is 6.34. The average molecular weight is 257 g/mol.